The summed E-state index contributed by atoms with van der Waals surface area (Å²) in [4.78, 5) is 23.0. The average molecular weight is 422 g/mol. The summed E-state index contributed by atoms with van der Waals surface area (Å²) < 4.78 is 20.2. The minimum atomic E-state index is -0.337. The van der Waals surface area contributed by atoms with Gasteiger partial charge in [0, 0.05) is 31.6 Å². The Morgan fingerprint density at radius 2 is 2.06 bits per heavy atom. The predicted molar refractivity (Wildman–Crippen MR) is 117 cm³/mol. The molecule has 0 radical (unpaired) electrons. The number of benzene rings is 1. The molecule has 1 aliphatic heterocycles. The first-order valence-electron chi connectivity index (χ1n) is 10.2. The molecule has 160 valence electrons. The smallest absolute Gasteiger partial charge is 0.326 e. The number of nitrogens with one attached hydrogen (secondary N) is 2. The third-order valence-electron chi connectivity index (χ3n) is 5.48. The van der Waals surface area contributed by atoms with Crippen molar-refractivity contribution in [1.29, 1.82) is 0 Å². The van der Waals surface area contributed by atoms with Crippen LogP contribution in [0.3, 0.4) is 0 Å². The summed E-state index contributed by atoms with van der Waals surface area (Å²) in [6, 6.07) is 3.15. The van der Waals surface area contributed by atoms with Crippen molar-refractivity contribution in [3.05, 3.63) is 36.2 Å². The van der Waals surface area contributed by atoms with Crippen LogP contribution in [0.4, 0.5) is 15.9 Å². The molecule has 4 heterocycles. The molecule has 0 saturated carbocycles. The Balaban J connectivity index is 1.71. The summed E-state index contributed by atoms with van der Waals surface area (Å²) in [5.74, 6) is 1.41. The van der Waals surface area contributed by atoms with Gasteiger partial charge in [-0.3, -0.25) is 0 Å². The number of halogens is 1. The predicted octanol–water partition coefficient (Wildman–Crippen LogP) is 3.11. The van der Waals surface area contributed by atoms with Crippen LogP contribution in [0.5, 0.6) is 11.8 Å². The Morgan fingerprint density at radius 3 is 2.81 bits per heavy atom. The molecule has 4 aromatic rings. The van der Waals surface area contributed by atoms with E-state index in [9.17, 15) is 4.39 Å². The second-order valence-electron chi connectivity index (χ2n) is 7.72. The van der Waals surface area contributed by atoms with Gasteiger partial charge in [0.2, 0.25) is 0 Å². The lowest BCUT2D eigenvalue weighted by Gasteiger charge is -2.32. The van der Waals surface area contributed by atoms with Gasteiger partial charge in [-0.05, 0) is 31.9 Å². The number of anilines is 2. The Labute approximate surface area is 177 Å². The van der Waals surface area contributed by atoms with E-state index >= 15 is 0 Å². The lowest BCUT2D eigenvalue weighted by Crippen LogP contribution is -2.43. The first-order valence-corrected chi connectivity index (χ1v) is 10.2. The third-order valence-corrected chi connectivity index (χ3v) is 5.48. The van der Waals surface area contributed by atoms with Gasteiger partial charge < -0.3 is 25.7 Å². The number of hydrogen-bond donors (Lipinski definition) is 3. The van der Waals surface area contributed by atoms with Crippen LogP contribution in [0, 0.1) is 12.7 Å². The lowest BCUT2D eigenvalue weighted by molar-refractivity contribution is 0.436. The van der Waals surface area contributed by atoms with Crippen LogP contribution < -0.4 is 20.7 Å². The fourth-order valence-corrected chi connectivity index (χ4v) is 4.04. The number of ether oxygens (including phenoxy) is 1. The van der Waals surface area contributed by atoms with E-state index in [0.29, 0.717) is 40.7 Å². The van der Waals surface area contributed by atoms with Gasteiger partial charge in [-0.15, -0.1) is 0 Å². The summed E-state index contributed by atoms with van der Waals surface area (Å²) in [5, 5.41) is 4.49. The van der Waals surface area contributed by atoms with E-state index in [1.807, 2.05) is 0 Å². The van der Waals surface area contributed by atoms with Crippen molar-refractivity contribution in [1.82, 2.24) is 24.9 Å². The number of hydrogen-bond acceptors (Lipinski definition) is 8. The summed E-state index contributed by atoms with van der Waals surface area (Å²) in [6.45, 7) is 3.25. The molecule has 1 aromatic carbocycles. The van der Waals surface area contributed by atoms with E-state index in [0.717, 1.165) is 30.3 Å². The number of nitrogens with zero attached hydrogens (tertiary/aromatic N) is 5. The fourth-order valence-electron chi connectivity index (χ4n) is 4.04. The molecule has 0 aliphatic carbocycles. The summed E-state index contributed by atoms with van der Waals surface area (Å²) >= 11 is 0. The molecule has 10 heteroatoms. The number of fused-ring (bicyclic) bond motifs is 3. The molecule has 4 N–H and O–H groups in total. The number of aromatic nitrogens is 5. The Morgan fingerprint density at radius 1 is 1.26 bits per heavy atom. The monoisotopic (exact) mass is 422 g/mol. The van der Waals surface area contributed by atoms with Crippen molar-refractivity contribution in [2.45, 2.75) is 25.8 Å². The SMILES string of the molecule is CNc1cc(F)cc2c1[nH]c1nc(Oc3cnc(C)nc3)nc(N3CCCC(N)C3)c12. The van der Waals surface area contributed by atoms with Crippen LogP contribution in [0.15, 0.2) is 24.5 Å². The molecule has 1 aliphatic rings. The highest BCUT2D eigenvalue weighted by molar-refractivity contribution is 6.14. The molecular formula is C21H23FN8O. The number of piperidine rings is 1. The summed E-state index contributed by atoms with van der Waals surface area (Å²) in [7, 11) is 1.75. The third kappa shape index (κ3) is 3.59. The van der Waals surface area contributed by atoms with Crippen LogP contribution in [0.1, 0.15) is 18.7 Å². The highest BCUT2D eigenvalue weighted by Gasteiger charge is 2.25. The van der Waals surface area contributed by atoms with E-state index in [1.165, 1.54) is 12.1 Å². The highest BCUT2D eigenvalue weighted by atomic mass is 19.1. The zero-order valence-electron chi connectivity index (χ0n) is 17.3. The fraction of sp³-hybridized carbons (Fsp3) is 0.333. The number of aromatic amines is 1. The second-order valence-corrected chi connectivity index (χ2v) is 7.72. The number of nitrogens with two attached hydrogens (primary N) is 1. The molecule has 1 saturated heterocycles. The number of aryl methyl sites for hydroxylation is 1. The van der Waals surface area contributed by atoms with Crippen molar-refractivity contribution in [2.75, 3.05) is 30.4 Å². The van der Waals surface area contributed by atoms with Gasteiger partial charge >= 0.3 is 6.01 Å². The first-order chi connectivity index (χ1) is 15.0. The lowest BCUT2D eigenvalue weighted by atomic mass is 10.1. The quantitative estimate of drug-likeness (QED) is 0.459. The van der Waals surface area contributed by atoms with E-state index in [1.54, 1.807) is 26.4 Å². The van der Waals surface area contributed by atoms with Gasteiger partial charge in [-0.2, -0.15) is 9.97 Å². The zero-order chi connectivity index (χ0) is 21.5. The summed E-state index contributed by atoms with van der Waals surface area (Å²) in [5.41, 5.74) is 8.19. The van der Waals surface area contributed by atoms with Crippen LogP contribution >= 0.6 is 0 Å². The van der Waals surface area contributed by atoms with Crippen LogP contribution in [-0.4, -0.2) is 51.1 Å². The highest BCUT2D eigenvalue weighted by Crippen LogP contribution is 2.37. The molecule has 3 aromatic heterocycles. The Bertz CT molecular complexity index is 1260. The van der Waals surface area contributed by atoms with E-state index < -0.39 is 0 Å². The van der Waals surface area contributed by atoms with Crippen molar-refractivity contribution >= 4 is 33.4 Å². The average Bonchev–Trinajstić information content (AvgIpc) is 3.12. The van der Waals surface area contributed by atoms with E-state index in [4.69, 9.17) is 15.5 Å². The van der Waals surface area contributed by atoms with Crippen molar-refractivity contribution < 1.29 is 9.13 Å². The first kappa shape index (κ1) is 19.4. The van der Waals surface area contributed by atoms with Gasteiger partial charge in [0.1, 0.15) is 23.1 Å². The van der Waals surface area contributed by atoms with Gasteiger partial charge in [0.25, 0.3) is 0 Å². The normalized spacial score (nSPS) is 16.8. The van der Waals surface area contributed by atoms with E-state index in [-0.39, 0.29) is 17.9 Å². The van der Waals surface area contributed by atoms with Gasteiger partial charge in [-0.25, -0.2) is 14.4 Å². The molecule has 9 nitrogen and oxygen atoms in total. The number of H-pyrrole nitrogens is 1. The van der Waals surface area contributed by atoms with Crippen molar-refractivity contribution in [3.63, 3.8) is 0 Å². The molecule has 0 amide bonds. The topological polar surface area (TPSA) is 118 Å². The Hall–Kier alpha value is -3.53. The summed E-state index contributed by atoms with van der Waals surface area (Å²) in [6.07, 6.45) is 5.06. The largest absolute Gasteiger partial charge is 0.421 e. The van der Waals surface area contributed by atoms with E-state index in [2.05, 4.69) is 30.2 Å². The van der Waals surface area contributed by atoms with Crippen molar-refractivity contribution in [2.24, 2.45) is 5.73 Å². The van der Waals surface area contributed by atoms with Crippen LogP contribution in [0.2, 0.25) is 0 Å². The Kier molecular flexibility index (Phi) is 4.78. The van der Waals surface area contributed by atoms with Crippen LogP contribution in [0.25, 0.3) is 21.9 Å². The number of rotatable bonds is 4. The molecule has 0 spiro atoms. The molecule has 31 heavy (non-hydrogen) atoms. The minimum absolute atomic E-state index is 0.0449. The standard InChI is InChI=1S/C21H23FN8O/c1-11-25-8-14(9-26-11)31-21-28-19-17(20(29-21)30-5-3-4-13(23)10-30)15-6-12(22)7-16(24-2)18(15)27-19/h6-9,13,24H,3-5,10,23H2,1-2H3,(H,27,28,29). The van der Waals surface area contributed by atoms with Gasteiger partial charge in [0.05, 0.1) is 29.0 Å². The maximum absolute atomic E-state index is 14.4. The van der Waals surface area contributed by atoms with Gasteiger partial charge in [0.15, 0.2) is 5.75 Å². The molecule has 1 fully saturated rings. The molecule has 5 rings (SSSR count). The van der Waals surface area contributed by atoms with Crippen LogP contribution in [-0.2, 0) is 0 Å². The maximum atomic E-state index is 14.4. The zero-order valence-corrected chi connectivity index (χ0v) is 17.3. The van der Waals surface area contributed by atoms with Gasteiger partial charge in [-0.1, -0.05) is 0 Å². The molecular weight excluding hydrogens is 399 g/mol. The second kappa shape index (κ2) is 7.62. The molecule has 1 atom stereocenters. The molecule has 0 bridgehead atoms. The van der Waals surface area contributed by atoms with Crippen molar-refractivity contribution in [3.8, 4) is 11.8 Å². The minimum Gasteiger partial charge on any atom is -0.421 e. The maximum Gasteiger partial charge on any atom is 0.326 e. The molecule has 1 unspecified atom stereocenters.